The number of carbonyl (C=O) groups is 3. The molecule has 0 spiro atoms. The Morgan fingerprint density at radius 3 is 2.14 bits per heavy atom. The minimum Gasteiger partial charge on any atom is -0.465 e. The molecule has 1 aromatic heterocycles. The first-order valence-corrected chi connectivity index (χ1v) is 7.35. The summed E-state index contributed by atoms with van der Waals surface area (Å²) in [6.07, 6.45) is 0. The molecule has 1 rings (SSSR count). The quantitative estimate of drug-likeness (QED) is 0.276. The van der Waals surface area contributed by atoms with E-state index in [1.54, 1.807) is 19.2 Å². The molecular weight excluding hydrogens is 310 g/mol. The molecule has 0 saturated carbocycles. The van der Waals surface area contributed by atoms with Gasteiger partial charge in [0.25, 0.3) is 0 Å². The molecule has 22 heavy (non-hydrogen) atoms. The predicted octanol–water partition coefficient (Wildman–Crippen LogP) is 1.33. The number of rotatable bonds is 6. The summed E-state index contributed by atoms with van der Waals surface area (Å²) in [6.45, 7) is 3.34. The van der Waals surface area contributed by atoms with Crippen molar-refractivity contribution in [2.75, 3.05) is 20.3 Å². The molecule has 0 aliphatic heterocycles. The number of carbonyl (C=O) groups excluding carboxylic acids is 3. The molecule has 120 valence electrons. The molecule has 0 fully saturated rings. The molecule has 0 amide bonds. The molecule has 1 aromatic rings. The number of hydrogen-bond donors (Lipinski definition) is 1. The van der Waals surface area contributed by atoms with Gasteiger partial charge in [0.15, 0.2) is 5.57 Å². The van der Waals surface area contributed by atoms with Crippen molar-refractivity contribution in [1.29, 1.82) is 0 Å². The summed E-state index contributed by atoms with van der Waals surface area (Å²) in [5.41, 5.74) is 5.48. The molecule has 2 N–H and O–H groups in total. The Hall–Kier alpha value is -2.35. The monoisotopic (exact) mass is 327 g/mol. The van der Waals surface area contributed by atoms with E-state index in [2.05, 4.69) is 4.74 Å². The highest BCUT2D eigenvalue weighted by Crippen LogP contribution is 2.26. The first kappa shape index (κ1) is 17.7. The van der Waals surface area contributed by atoms with Crippen molar-refractivity contribution in [2.24, 2.45) is 5.73 Å². The number of thiophene rings is 1. The van der Waals surface area contributed by atoms with Gasteiger partial charge < -0.3 is 19.9 Å². The van der Waals surface area contributed by atoms with Gasteiger partial charge in [-0.2, -0.15) is 0 Å². The van der Waals surface area contributed by atoms with E-state index in [4.69, 9.17) is 15.2 Å². The molecule has 1 heterocycles. The highest BCUT2D eigenvalue weighted by molar-refractivity contribution is 7.11. The number of methoxy groups -OCH3 is 1. The van der Waals surface area contributed by atoms with Crippen LogP contribution in [-0.2, 0) is 23.8 Å². The van der Waals surface area contributed by atoms with E-state index in [1.165, 1.54) is 13.2 Å². The van der Waals surface area contributed by atoms with Crippen LogP contribution in [-0.4, -0.2) is 38.2 Å². The van der Waals surface area contributed by atoms with Crippen molar-refractivity contribution >= 4 is 34.9 Å². The molecular formula is C14H17NO6S. The highest BCUT2D eigenvalue weighted by atomic mass is 32.1. The van der Waals surface area contributed by atoms with Gasteiger partial charge in [0.1, 0.15) is 0 Å². The average molecular weight is 327 g/mol. The summed E-state index contributed by atoms with van der Waals surface area (Å²) in [5.74, 6) is -2.42. The van der Waals surface area contributed by atoms with Crippen molar-refractivity contribution < 1.29 is 28.6 Å². The minimum absolute atomic E-state index is 0.0727. The van der Waals surface area contributed by atoms with Crippen LogP contribution in [0.2, 0.25) is 0 Å². The molecule has 0 radical (unpaired) electrons. The van der Waals surface area contributed by atoms with Crippen LogP contribution in [0.5, 0.6) is 0 Å². The van der Waals surface area contributed by atoms with Gasteiger partial charge in [0.05, 0.1) is 36.5 Å². The Balaban J connectivity index is 3.39. The minimum atomic E-state index is -0.900. The third kappa shape index (κ3) is 3.85. The van der Waals surface area contributed by atoms with Crippen molar-refractivity contribution in [3.8, 4) is 0 Å². The Labute approximate surface area is 131 Å². The fourth-order valence-corrected chi connectivity index (χ4v) is 2.46. The summed E-state index contributed by atoms with van der Waals surface area (Å²) in [7, 11) is 1.22. The van der Waals surface area contributed by atoms with Crippen molar-refractivity contribution in [3.05, 3.63) is 27.5 Å². The van der Waals surface area contributed by atoms with E-state index in [1.807, 2.05) is 0 Å². The molecule has 0 aliphatic carbocycles. The highest BCUT2D eigenvalue weighted by Gasteiger charge is 2.28. The zero-order valence-corrected chi connectivity index (χ0v) is 13.3. The number of hydrogen-bond acceptors (Lipinski definition) is 8. The van der Waals surface area contributed by atoms with Crippen molar-refractivity contribution in [2.45, 2.75) is 13.8 Å². The molecule has 7 nitrogen and oxygen atoms in total. The predicted molar refractivity (Wildman–Crippen MR) is 80.0 cm³/mol. The fraction of sp³-hybridized carbons (Fsp3) is 0.357. The first-order chi connectivity index (χ1) is 10.5. The SMILES string of the molecule is CCOC(=O)C(C(=O)OCC)=C(N)c1sccc1C(=O)OC. The smallest absolute Gasteiger partial charge is 0.347 e. The van der Waals surface area contributed by atoms with Gasteiger partial charge in [-0.15, -0.1) is 11.3 Å². The Kier molecular flexibility index (Phi) is 6.58. The lowest BCUT2D eigenvalue weighted by Crippen LogP contribution is -2.23. The van der Waals surface area contributed by atoms with E-state index < -0.39 is 23.5 Å². The van der Waals surface area contributed by atoms with Crippen LogP contribution in [0.4, 0.5) is 0 Å². The Morgan fingerprint density at radius 2 is 1.68 bits per heavy atom. The lowest BCUT2D eigenvalue weighted by atomic mass is 10.1. The van der Waals surface area contributed by atoms with Gasteiger partial charge in [-0.1, -0.05) is 0 Å². The fourth-order valence-electron chi connectivity index (χ4n) is 1.61. The Morgan fingerprint density at radius 1 is 1.14 bits per heavy atom. The van der Waals surface area contributed by atoms with Crippen molar-refractivity contribution in [3.63, 3.8) is 0 Å². The Bertz CT molecular complexity index is 584. The molecule has 0 atom stereocenters. The largest absolute Gasteiger partial charge is 0.465 e. The summed E-state index contributed by atoms with van der Waals surface area (Å²) in [6, 6.07) is 1.49. The van der Waals surface area contributed by atoms with Crippen molar-refractivity contribution in [1.82, 2.24) is 0 Å². The average Bonchev–Trinajstić information content (AvgIpc) is 2.96. The van der Waals surface area contributed by atoms with Gasteiger partial charge >= 0.3 is 17.9 Å². The van der Waals surface area contributed by atoms with E-state index in [0.717, 1.165) is 11.3 Å². The van der Waals surface area contributed by atoms with Gasteiger partial charge in [-0.05, 0) is 25.3 Å². The van der Waals surface area contributed by atoms with Crippen LogP contribution in [0.25, 0.3) is 5.70 Å². The van der Waals surface area contributed by atoms with Gasteiger partial charge in [0, 0.05) is 0 Å². The number of ether oxygens (including phenoxy) is 3. The zero-order chi connectivity index (χ0) is 16.7. The third-order valence-corrected chi connectivity index (χ3v) is 3.49. The van der Waals surface area contributed by atoms with Crippen LogP contribution in [0.1, 0.15) is 29.1 Å². The summed E-state index contributed by atoms with van der Waals surface area (Å²) in [4.78, 5) is 35.9. The summed E-state index contributed by atoms with van der Waals surface area (Å²) < 4.78 is 14.3. The van der Waals surface area contributed by atoms with E-state index >= 15 is 0 Å². The van der Waals surface area contributed by atoms with E-state index in [0.29, 0.717) is 0 Å². The second kappa shape index (κ2) is 8.18. The second-order valence-electron chi connectivity index (χ2n) is 3.88. The topological polar surface area (TPSA) is 105 Å². The van der Waals surface area contributed by atoms with Gasteiger partial charge in [-0.3, -0.25) is 0 Å². The summed E-state index contributed by atoms with van der Waals surface area (Å²) in [5, 5.41) is 1.60. The van der Waals surface area contributed by atoms with Crippen LogP contribution >= 0.6 is 11.3 Å². The van der Waals surface area contributed by atoms with E-state index in [9.17, 15) is 14.4 Å². The standard InChI is InChI=1S/C14H17NO6S/c1-4-20-13(17)9(14(18)21-5-2)10(15)11-8(6-7-22-11)12(16)19-3/h6-7H,4-5,15H2,1-3H3. The molecule has 0 aromatic carbocycles. The molecule has 8 heteroatoms. The lowest BCUT2D eigenvalue weighted by molar-refractivity contribution is -0.146. The molecule has 0 unspecified atom stereocenters. The molecule has 0 bridgehead atoms. The maximum atomic E-state index is 12.0. The molecule has 0 saturated heterocycles. The van der Waals surface area contributed by atoms with E-state index in [-0.39, 0.29) is 29.4 Å². The zero-order valence-electron chi connectivity index (χ0n) is 12.5. The van der Waals surface area contributed by atoms with Crippen LogP contribution in [0.15, 0.2) is 17.0 Å². The van der Waals surface area contributed by atoms with Gasteiger partial charge in [0.2, 0.25) is 0 Å². The number of esters is 3. The van der Waals surface area contributed by atoms with Gasteiger partial charge in [-0.25, -0.2) is 14.4 Å². The maximum absolute atomic E-state index is 12.0. The normalized spacial score (nSPS) is 9.77. The first-order valence-electron chi connectivity index (χ1n) is 6.48. The number of nitrogens with two attached hydrogens (primary N) is 1. The summed E-state index contributed by atoms with van der Waals surface area (Å²) >= 11 is 1.10. The van der Waals surface area contributed by atoms with Crippen LogP contribution < -0.4 is 5.73 Å². The van der Waals surface area contributed by atoms with Crippen LogP contribution in [0.3, 0.4) is 0 Å². The van der Waals surface area contributed by atoms with Crippen LogP contribution in [0, 0.1) is 0 Å². The molecule has 0 aliphatic rings. The second-order valence-corrected chi connectivity index (χ2v) is 4.80. The lowest BCUT2D eigenvalue weighted by Gasteiger charge is -2.10. The maximum Gasteiger partial charge on any atom is 0.347 e. The third-order valence-electron chi connectivity index (χ3n) is 2.54.